The molecule has 0 radical (unpaired) electrons. The Morgan fingerprint density at radius 3 is 2.90 bits per heavy atom. The van der Waals surface area contributed by atoms with Gasteiger partial charge in [0.05, 0.1) is 13.5 Å². The lowest BCUT2D eigenvalue weighted by atomic mass is 9.87. The van der Waals surface area contributed by atoms with Crippen LogP contribution in [-0.2, 0) is 28.8 Å². The smallest absolute Gasteiger partial charge is 0.310 e. The van der Waals surface area contributed by atoms with Gasteiger partial charge in [-0.25, -0.2) is 0 Å². The van der Waals surface area contributed by atoms with Crippen molar-refractivity contribution in [3.05, 3.63) is 33.0 Å². The van der Waals surface area contributed by atoms with E-state index in [9.17, 15) is 4.79 Å². The molecule has 2 aromatic rings. The normalized spacial score (nSPS) is 14.3. The molecule has 0 aliphatic heterocycles. The van der Waals surface area contributed by atoms with Gasteiger partial charge in [0, 0.05) is 10.9 Å². The van der Waals surface area contributed by atoms with E-state index in [0.717, 1.165) is 29.4 Å². The van der Waals surface area contributed by atoms with Gasteiger partial charge in [0.15, 0.2) is 4.67 Å². The molecular formula is C16H17BrO3. The molecule has 1 aliphatic carbocycles. The minimum absolute atomic E-state index is 0.238. The van der Waals surface area contributed by atoms with Crippen molar-refractivity contribution in [1.82, 2.24) is 0 Å². The third kappa shape index (κ3) is 2.16. The Morgan fingerprint density at radius 2 is 2.15 bits per heavy atom. The van der Waals surface area contributed by atoms with Gasteiger partial charge in [0.2, 0.25) is 0 Å². The Hall–Kier alpha value is -1.29. The maximum Gasteiger partial charge on any atom is 0.310 e. The molecule has 0 bridgehead atoms. The van der Waals surface area contributed by atoms with Crippen LogP contribution in [0.5, 0.6) is 0 Å². The Morgan fingerprint density at radius 1 is 1.40 bits per heavy atom. The first-order valence-electron chi connectivity index (χ1n) is 6.91. The number of hydrogen-bond acceptors (Lipinski definition) is 3. The van der Waals surface area contributed by atoms with E-state index >= 15 is 0 Å². The highest BCUT2D eigenvalue weighted by Gasteiger charge is 2.22. The van der Waals surface area contributed by atoms with Crippen molar-refractivity contribution in [2.45, 2.75) is 39.0 Å². The third-order valence-electron chi connectivity index (χ3n) is 4.17. The Balaban J connectivity index is 2.19. The zero-order chi connectivity index (χ0) is 14.3. The number of fused-ring (bicyclic) bond motifs is 2. The molecule has 0 N–H and O–H groups in total. The van der Waals surface area contributed by atoms with Crippen molar-refractivity contribution in [3.8, 4) is 0 Å². The highest BCUT2D eigenvalue weighted by molar-refractivity contribution is 9.10. The second-order valence-electron chi connectivity index (χ2n) is 5.33. The molecule has 0 saturated heterocycles. The van der Waals surface area contributed by atoms with Gasteiger partial charge >= 0.3 is 5.97 Å². The molecule has 0 atom stereocenters. The predicted octanol–water partition coefficient (Wildman–Crippen LogP) is 4.10. The maximum atomic E-state index is 11.6. The van der Waals surface area contributed by atoms with Gasteiger partial charge in [-0.05, 0) is 71.3 Å². The third-order valence-corrected chi connectivity index (χ3v) is 4.81. The maximum absolute atomic E-state index is 11.6. The van der Waals surface area contributed by atoms with E-state index in [1.807, 2.05) is 0 Å². The fourth-order valence-corrected chi connectivity index (χ4v) is 3.60. The number of furan rings is 1. The molecular weight excluding hydrogens is 320 g/mol. The summed E-state index contributed by atoms with van der Waals surface area (Å²) in [5.74, 6) is -0.247. The molecule has 1 aromatic carbocycles. The van der Waals surface area contributed by atoms with E-state index in [4.69, 9.17) is 9.15 Å². The lowest BCUT2D eigenvalue weighted by Gasteiger charge is -2.18. The quantitative estimate of drug-likeness (QED) is 0.775. The van der Waals surface area contributed by atoms with Gasteiger partial charge < -0.3 is 9.15 Å². The second kappa shape index (κ2) is 5.24. The van der Waals surface area contributed by atoms with Crippen LogP contribution in [0.1, 0.15) is 35.1 Å². The average Bonchev–Trinajstić information content (AvgIpc) is 2.76. The fraction of sp³-hybridized carbons (Fsp3) is 0.438. The predicted molar refractivity (Wildman–Crippen MR) is 81.0 cm³/mol. The highest BCUT2D eigenvalue weighted by atomic mass is 79.9. The lowest BCUT2D eigenvalue weighted by molar-refractivity contribution is -0.139. The second-order valence-corrected chi connectivity index (χ2v) is 6.05. The summed E-state index contributed by atoms with van der Waals surface area (Å²) in [5, 5.41) is 1.04. The first kappa shape index (κ1) is 13.7. The number of carbonyl (C=O) groups is 1. The standard InChI is InChI=1S/C16H17BrO3/c1-9-11-6-4-3-5-10(11)7-12-13(8-14(18)19-2)16(17)20-15(9)12/h7H,3-6,8H2,1-2H3. The van der Waals surface area contributed by atoms with E-state index in [1.54, 1.807) is 0 Å². The molecule has 1 aromatic heterocycles. The largest absolute Gasteiger partial charge is 0.469 e. The summed E-state index contributed by atoms with van der Waals surface area (Å²) < 4.78 is 11.3. The summed E-state index contributed by atoms with van der Waals surface area (Å²) in [6.07, 6.45) is 4.97. The van der Waals surface area contributed by atoms with Crippen LogP contribution in [0.2, 0.25) is 0 Å². The summed E-state index contributed by atoms with van der Waals surface area (Å²) in [6, 6.07) is 2.20. The zero-order valence-corrected chi connectivity index (χ0v) is 13.3. The van der Waals surface area contributed by atoms with Crippen molar-refractivity contribution in [1.29, 1.82) is 0 Å². The number of methoxy groups -OCH3 is 1. The molecule has 0 spiro atoms. The molecule has 3 rings (SSSR count). The molecule has 4 heteroatoms. The highest BCUT2D eigenvalue weighted by Crippen LogP contribution is 2.37. The van der Waals surface area contributed by atoms with Crippen molar-refractivity contribution >= 4 is 32.9 Å². The van der Waals surface area contributed by atoms with Gasteiger partial charge in [0.1, 0.15) is 5.58 Å². The molecule has 20 heavy (non-hydrogen) atoms. The minimum atomic E-state index is -0.247. The van der Waals surface area contributed by atoms with Crippen LogP contribution in [0.4, 0.5) is 0 Å². The van der Waals surface area contributed by atoms with E-state index in [-0.39, 0.29) is 12.4 Å². The summed E-state index contributed by atoms with van der Waals surface area (Å²) in [5.41, 5.74) is 5.84. The number of rotatable bonds is 2. The minimum Gasteiger partial charge on any atom is -0.469 e. The topological polar surface area (TPSA) is 39.4 Å². The summed E-state index contributed by atoms with van der Waals surface area (Å²) in [6.45, 7) is 2.12. The molecule has 0 amide bonds. The van der Waals surface area contributed by atoms with Crippen molar-refractivity contribution < 1.29 is 13.9 Å². The molecule has 0 unspecified atom stereocenters. The summed E-state index contributed by atoms with van der Waals surface area (Å²) in [4.78, 5) is 11.6. The Labute approximate surface area is 126 Å². The van der Waals surface area contributed by atoms with Crippen LogP contribution in [0.15, 0.2) is 15.2 Å². The van der Waals surface area contributed by atoms with Gasteiger partial charge in [-0.2, -0.15) is 0 Å². The number of hydrogen-bond donors (Lipinski definition) is 0. The van der Waals surface area contributed by atoms with Gasteiger partial charge in [-0.1, -0.05) is 0 Å². The molecule has 1 aliphatic rings. The van der Waals surface area contributed by atoms with Crippen LogP contribution in [0.25, 0.3) is 11.0 Å². The van der Waals surface area contributed by atoms with E-state index in [1.165, 1.54) is 36.6 Å². The van der Waals surface area contributed by atoms with Gasteiger partial charge in [0.25, 0.3) is 0 Å². The number of ether oxygens (including phenoxy) is 1. The zero-order valence-electron chi connectivity index (χ0n) is 11.7. The lowest BCUT2D eigenvalue weighted by Crippen LogP contribution is -2.06. The van der Waals surface area contributed by atoms with Gasteiger partial charge in [-0.3, -0.25) is 4.79 Å². The molecule has 1 heterocycles. The fourth-order valence-electron chi connectivity index (χ4n) is 3.09. The van der Waals surface area contributed by atoms with Crippen molar-refractivity contribution in [2.75, 3.05) is 7.11 Å². The molecule has 106 valence electrons. The van der Waals surface area contributed by atoms with Crippen LogP contribution in [-0.4, -0.2) is 13.1 Å². The van der Waals surface area contributed by atoms with Crippen LogP contribution < -0.4 is 0 Å². The van der Waals surface area contributed by atoms with Gasteiger partial charge in [-0.15, -0.1) is 0 Å². The van der Waals surface area contributed by atoms with Crippen LogP contribution >= 0.6 is 15.9 Å². The van der Waals surface area contributed by atoms with E-state index in [0.29, 0.717) is 4.67 Å². The summed E-state index contributed by atoms with van der Waals surface area (Å²) in [7, 11) is 1.41. The first-order valence-corrected chi connectivity index (χ1v) is 7.70. The van der Waals surface area contributed by atoms with Crippen molar-refractivity contribution in [3.63, 3.8) is 0 Å². The summed E-state index contributed by atoms with van der Waals surface area (Å²) >= 11 is 3.44. The van der Waals surface area contributed by atoms with Crippen molar-refractivity contribution in [2.24, 2.45) is 0 Å². The molecule has 0 fully saturated rings. The van der Waals surface area contributed by atoms with Crippen LogP contribution in [0, 0.1) is 6.92 Å². The molecule has 0 saturated carbocycles. The monoisotopic (exact) mass is 336 g/mol. The Kier molecular flexibility index (Phi) is 3.59. The van der Waals surface area contributed by atoms with Crippen LogP contribution in [0.3, 0.4) is 0 Å². The van der Waals surface area contributed by atoms with E-state index < -0.39 is 0 Å². The number of aryl methyl sites for hydroxylation is 2. The number of esters is 1. The molecule has 3 nitrogen and oxygen atoms in total. The average molecular weight is 337 g/mol. The number of halogens is 1. The number of benzene rings is 1. The first-order chi connectivity index (χ1) is 9.61. The number of carbonyl (C=O) groups excluding carboxylic acids is 1. The SMILES string of the molecule is COC(=O)Cc1c(Br)oc2c(C)c3c(cc12)CCCC3. The van der Waals surface area contributed by atoms with E-state index in [2.05, 4.69) is 28.9 Å². The Bertz CT molecular complexity index is 685.